The molecule has 0 aromatic rings. The fourth-order valence-electron chi connectivity index (χ4n) is 3.33. The molecule has 0 bridgehead atoms. The summed E-state index contributed by atoms with van der Waals surface area (Å²) in [5, 5.41) is 22.4. The number of carbonyl (C=O) groups excluding carboxylic acids is 3. The highest BCUT2D eigenvalue weighted by atomic mass is 16.5. The summed E-state index contributed by atoms with van der Waals surface area (Å²) in [5.41, 5.74) is -0.349. The Balaban J connectivity index is 6.14. The number of nitrogens with one attached hydrogen (secondary N) is 2. The van der Waals surface area contributed by atoms with Crippen LogP contribution in [0.2, 0.25) is 0 Å². The van der Waals surface area contributed by atoms with Crippen molar-refractivity contribution >= 4 is 17.8 Å². The van der Waals surface area contributed by atoms with E-state index in [0.717, 1.165) is 13.3 Å². The summed E-state index contributed by atoms with van der Waals surface area (Å²) >= 11 is 0. The van der Waals surface area contributed by atoms with Crippen LogP contribution < -0.4 is 10.8 Å². The zero-order chi connectivity index (χ0) is 24.9. The maximum atomic E-state index is 13.2. The number of amides is 2. The monoisotopic (exact) mass is 452 g/mol. The molecule has 0 aliphatic rings. The van der Waals surface area contributed by atoms with Crippen LogP contribution in [-0.2, 0) is 19.1 Å². The molecular weight excluding hydrogens is 412 g/mol. The zero-order valence-electron chi connectivity index (χ0n) is 20.2. The molecule has 0 aliphatic heterocycles. The molecule has 4 atom stereocenters. The number of allylic oxidation sites excluding steroid dienone is 3. The maximum Gasteiger partial charge on any atom is 0.333 e. The average molecular weight is 453 g/mol. The number of ether oxygens (including phenoxy) is 1. The van der Waals surface area contributed by atoms with Crippen LogP contribution in [0.3, 0.4) is 0 Å². The van der Waals surface area contributed by atoms with E-state index in [4.69, 9.17) is 9.94 Å². The molecular formula is C24H40N2O6. The second-order valence-corrected chi connectivity index (χ2v) is 8.37. The fraction of sp³-hybridized carbons (Fsp3) is 0.625. The minimum atomic E-state index is -2.20. The lowest BCUT2D eigenvalue weighted by molar-refractivity contribution is -0.160. The molecule has 2 amide bonds. The highest BCUT2D eigenvalue weighted by Gasteiger charge is 2.45. The second-order valence-electron chi connectivity index (χ2n) is 8.37. The Kier molecular flexibility index (Phi) is 13.5. The van der Waals surface area contributed by atoms with E-state index in [9.17, 15) is 19.5 Å². The normalized spacial score (nSPS) is 16.7. The minimum absolute atomic E-state index is 0.0538. The van der Waals surface area contributed by atoms with Crippen molar-refractivity contribution in [2.75, 3.05) is 0 Å². The lowest BCUT2D eigenvalue weighted by atomic mass is 9.81. The molecule has 0 rings (SSSR count). The molecule has 32 heavy (non-hydrogen) atoms. The lowest BCUT2D eigenvalue weighted by Crippen LogP contribution is -2.56. The molecule has 182 valence electrons. The Bertz CT molecular complexity index is 697. The van der Waals surface area contributed by atoms with E-state index >= 15 is 0 Å². The molecule has 0 heterocycles. The summed E-state index contributed by atoms with van der Waals surface area (Å²) in [6.45, 7) is 14.2. The van der Waals surface area contributed by atoms with Gasteiger partial charge in [0.15, 0.2) is 11.6 Å². The minimum Gasteiger partial charge on any atom is -0.461 e. The fourth-order valence-corrected chi connectivity index (χ4v) is 3.33. The molecule has 8 nitrogen and oxygen atoms in total. The molecule has 2 unspecified atom stereocenters. The average Bonchev–Trinajstić information content (AvgIpc) is 2.74. The third-order valence-corrected chi connectivity index (χ3v) is 5.14. The van der Waals surface area contributed by atoms with Crippen molar-refractivity contribution < 1.29 is 29.4 Å². The van der Waals surface area contributed by atoms with Crippen LogP contribution in [0.15, 0.2) is 36.5 Å². The summed E-state index contributed by atoms with van der Waals surface area (Å²) in [4.78, 5) is 38.4. The van der Waals surface area contributed by atoms with Gasteiger partial charge in [-0.15, -0.1) is 0 Å². The third-order valence-electron chi connectivity index (χ3n) is 5.14. The largest absolute Gasteiger partial charge is 0.461 e. The standard InChI is InChI=1S/C24H40N2O6/c1-8-12-17(13-9-2)20(22(28)32-18(11-4)14-10-3)25-21(27)19(15-16(5)6)24(7,30)23(29)26-31/h8-9,12-13,16,18-20,30-31H,1,10-11,14-15H2,2-7H3,(H,25,27)(H,26,29)/b13-9-,17-12+/t18?,19-,20?,24-/m0/s1. The van der Waals surface area contributed by atoms with Crippen molar-refractivity contribution in [1.29, 1.82) is 0 Å². The van der Waals surface area contributed by atoms with E-state index in [1.165, 1.54) is 11.6 Å². The Morgan fingerprint density at radius 2 is 1.84 bits per heavy atom. The molecule has 0 aromatic heterocycles. The van der Waals surface area contributed by atoms with Crippen LogP contribution in [-0.4, -0.2) is 45.8 Å². The molecule has 0 spiro atoms. The zero-order valence-corrected chi connectivity index (χ0v) is 20.2. The van der Waals surface area contributed by atoms with E-state index in [1.807, 2.05) is 27.7 Å². The first-order valence-electron chi connectivity index (χ1n) is 11.1. The summed E-state index contributed by atoms with van der Waals surface area (Å²) in [5.74, 6) is -3.74. The van der Waals surface area contributed by atoms with Crippen molar-refractivity contribution in [3.8, 4) is 0 Å². The SMILES string of the molecule is C=C/C=C(\C=C/C)C(NC(=O)[C@H](CC(C)C)[C@](C)(O)C(=O)NO)C(=O)OC(CC)CCC. The topological polar surface area (TPSA) is 125 Å². The first-order valence-corrected chi connectivity index (χ1v) is 11.1. The van der Waals surface area contributed by atoms with E-state index in [0.29, 0.717) is 18.4 Å². The number of hydroxylamine groups is 1. The van der Waals surface area contributed by atoms with Gasteiger partial charge in [-0.1, -0.05) is 65.0 Å². The van der Waals surface area contributed by atoms with E-state index < -0.39 is 35.3 Å². The molecule has 0 aromatic carbocycles. The number of esters is 1. The van der Waals surface area contributed by atoms with Gasteiger partial charge in [0.05, 0.1) is 5.92 Å². The van der Waals surface area contributed by atoms with Gasteiger partial charge in [-0.05, 0) is 44.6 Å². The Hall–Kier alpha value is -2.45. The van der Waals surface area contributed by atoms with Gasteiger partial charge in [0.25, 0.3) is 5.91 Å². The predicted molar refractivity (Wildman–Crippen MR) is 124 cm³/mol. The number of carbonyl (C=O) groups is 3. The maximum absolute atomic E-state index is 13.2. The van der Waals surface area contributed by atoms with Gasteiger partial charge in [-0.2, -0.15) is 0 Å². The van der Waals surface area contributed by atoms with Crippen molar-refractivity contribution in [3.05, 3.63) is 36.5 Å². The van der Waals surface area contributed by atoms with Crippen molar-refractivity contribution in [2.24, 2.45) is 11.8 Å². The van der Waals surface area contributed by atoms with E-state index in [1.54, 1.807) is 25.2 Å². The number of rotatable bonds is 14. The summed E-state index contributed by atoms with van der Waals surface area (Å²) in [6.07, 6.45) is 8.46. The second kappa shape index (κ2) is 14.6. The Morgan fingerprint density at radius 3 is 2.28 bits per heavy atom. The molecule has 8 heteroatoms. The van der Waals surface area contributed by atoms with Gasteiger partial charge in [0.1, 0.15) is 6.10 Å². The van der Waals surface area contributed by atoms with Crippen LogP contribution >= 0.6 is 0 Å². The molecule has 0 saturated carbocycles. The van der Waals surface area contributed by atoms with Crippen LogP contribution in [0.25, 0.3) is 0 Å². The highest BCUT2D eigenvalue weighted by molar-refractivity contribution is 5.94. The van der Waals surface area contributed by atoms with Crippen LogP contribution in [0.1, 0.15) is 67.2 Å². The quantitative estimate of drug-likeness (QED) is 0.139. The van der Waals surface area contributed by atoms with E-state index in [2.05, 4.69) is 11.9 Å². The Labute approximate surface area is 191 Å². The van der Waals surface area contributed by atoms with Gasteiger partial charge in [-0.25, -0.2) is 10.3 Å². The number of aliphatic hydroxyl groups is 1. The van der Waals surface area contributed by atoms with Crippen molar-refractivity contribution in [2.45, 2.75) is 85.0 Å². The summed E-state index contributed by atoms with van der Waals surface area (Å²) in [7, 11) is 0. The molecule has 0 fully saturated rings. The van der Waals surface area contributed by atoms with Crippen molar-refractivity contribution in [3.63, 3.8) is 0 Å². The first kappa shape index (κ1) is 29.5. The summed E-state index contributed by atoms with van der Waals surface area (Å²) in [6, 6.07) is -1.16. The van der Waals surface area contributed by atoms with Gasteiger partial charge in [-0.3, -0.25) is 14.8 Å². The molecule has 0 aliphatic carbocycles. The van der Waals surface area contributed by atoms with Crippen molar-refractivity contribution in [1.82, 2.24) is 10.8 Å². The van der Waals surface area contributed by atoms with E-state index in [-0.39, 0.29) is 18.4 Å². The lowest BCUT2D eigenvalue weighted by Gasteiger charge is -2.32. The molecule has 0 saturated heterocycles. The first-order chi connectivity index (χ1) is 15.0. The smallest absolute Gasteiger partial charge is 0.333 e. The van der Waals surface area contributed by atoms with Gasteiger partial charge in [0.2, 0.25) is 5.91 Å². The number of hydrogen-bond acceptors (Lipinski definition) is 6. The third kappa shape index (κ3) is 8.96. The van der Waals surface area contributed by atoms with Gasteiger partial charge < -0.3 is 15.2 Å². The Morgan fingerprint density at radius 1 is 1.22 bits per heavy atom. The predicted octanol–water partition coefficient (Wildman–Crippen LogP) is 3.20. The highest BCUT2D eigenvalue weighted by Crippen LogP contribution is 2.26. The van der Waals surface area contributed by atoms with Crippen LogP contribution in [0.5, 0.6) is 0 Å². The molecule has 4 N–H and O–H groups in total. The van der Waals surface area contributed by atoms with Gasteiger partial charge in [0, 0.05) is 0 Å². The van der Waals surface area contributed by atoms with Crippen LogP contribution in [0, 0.1) is 11.8 Å². The van der Waals surface area contributed by atoms with Gasteiger partial charge >= 0.3 is 5.97 Å². The molecule has 0 radical (unpaired) electrons. The number of hydrogen-bond donors (Lipinski definition) is 4. The van der Waals surface area contributed by atoms with Crippen LogP contribution in [0.4, 0.5) is 0 Å². The summed E-state index contributed by atoms with van der Waals surface area (Å²) < 4.78 is 5.65.